The van der Waals surface area contributed by atoms with Gasteiger partial charge < -0.3 is 9.73 Å². The summed E-state index contributed by atoms with van der Waals surface area (Å²) >= 11 is 0. The van der Waals surface area contributed by atoms with E-state index in [4.69, 9.17) is 4.42 Å². The second-order valence-corrected chi connectivity index (χ2v) is 5.72. The summed E-state index contributed by atoms with van der Waals surface area (Å²) in [5, 5.41) is 3.53. The van der Waals surface area contributed by atoms with Crippen molar-refractivity contribution < 1.29 is 4.42 Å². The minimum Gasteiger partial charge on any atom is -0.444 e. The molecule has 1 aromatic rings. The molecule has 3 heteroatoms. The maximum absolute atomic E-state index is 5.57. The predicted octanol–water partition coefficient (Wildman–Crippen LogP) is 2.82. The number of nitrogens with zero attached hydrogens (tertiary/aromatic N) is 1. The first-order valence-corrected chi connectivity index (χ1v) is 6.87. The van der Waals surface area contributed by atoms with Crippen LogP contribution in [0.15, 0.2) is 4.42 Å². The van der Waals surface area contributed by atoms with Crippen molar-refractivity contribution in [2.75, 3.05) is 6.54 Å². The maximum Gasteiger partial charge on any atom is 0.208 e. The van der Waals surface area contributed by atoms with Gasteiger partial charge in [-0.25, -0.2) is 4.98 Å². The van der Waals surface area contributed by atoms with Gasteiger partial charge in [0.25, 0.3) is 0 Å². The van der Waals surface area contributed by atoms with Crippen molar-refractivity contribution in [2.45, 2.75) is 46.1 Å². The Morgan fingerprint density at radius 2 is 1.88 bits per heavy atom. The van der Waals surface area contributed by atoms with E-state index in [1.807, 2.05) is 13.8 Å². The largest absolute Gasteiger partial charge is 0.444 e. The minimum absolute atomic E-state index is 0.782. The molecular formula is C14H22N2O. The van der Waals surface area contributed by atoms with Crippen LogP contribution in [0, 0.1) is 31.6 Å². The highest BCUT2D eigenvalue weighted by molar-refractivity contribution is 5.05. The van der Waals surface area contributed by atoms with Crippen LogP contribution in [-0.4, -0.2) is 11.5 Å². The Labute approximate surface area is 103 Å². The molecule has 0 spiro atoms. The van der Waals surface area contributed by atoms with Gasteiger partial charge in [-0.05, 0) is 63.8 Å². The molecule has 2 aliphatic carbocycles. The topological polar surface area (TPSA) is 38.1 Å². The standard InChI is InChI=1S/C14H22N2O/c1-9-10(2)17-14(16-9)8-15-7-13(11-3-4-11)12-5-6-12/h11-13,15H,3-8H2,1-2H3. The molecule has 94 valence electrons. The lowest BCUT2D eigenvalue weighted by Gasteiger charge is -2.15. The van der Waals surface area contributed by atoms with Crippen LogP contribution in [0.3, 0.4) is 0 Å². The molecule has 0 amide bonds. The molecule has 0 aliphatic heterocycles. The zero-order chi connectivity index (χ0) is 11.8. The zero-order valence-corrected chi connectivity index (χ0v) is 10.8. The van der Waals surface area contributed by atoms with Gasteiger partial charge in [0.15, 0.2) is 0 Å². The highest BCUT2D eigenvalue weighted by Gasteiger charge is 2.40. The van der Waals surface area contributed by atoms with E-state index in [9.17, 15) is 0 Å². The summed E-state index contributed by atoms with van der Waals surface area (Å²) in [6.07, 6.45) is 5.83. The van der Waals surface area contributed by atoms with E-state index in [1.54, 1.807) is 0 Å². The van der Waals surface area contributed by atoms with Gasteiger partial charge in [0.1, 0.15) is 5.76 Å². The highest BCUT2D eigenvalue weighted by atomic mass is 16.4. The van der Waals surface area contributed by atoms with Gasteiger partial charge in [-0.2, -0.15) is 0 Å². The molecule has 0 saturated heterocycles. The minimum atomic E-state index is 0.782. The van der Waals surface area contributed by atoms with Gasteiger partial charge in [-0.15, -0.1) is 0 Å². The fourth-order valence-corrected chi connectivity index (χ4v) is 2.73. The average molecular weight is 234 g/mol. The average Bonchev–Trinajstić information content (AvgIpc) is 3.16. The Morgan fingerprint density at radius 1 is 1.24 bits per heavy atom. The van der Waals surface area contributed by atoms with E-state index in [0.29, 0.717) is 0 Å². The third-order valence-electron chi connectivity index (χ3n) is 4.18. The van der Waals surface area contributed by atoms with Crippen molar-refractivity contribution in [2.24, 2.45) is 17.8 Å². The number of rotatable bonds is 6. The second-order valence-electron chi connectivity index (χ2n) is 5.72. The SMILES string of the molecule is Cc1nc(CNCC(C2CC2)C2CC2)oc1C. The smallest absolute Gasteiger partial charge is 0.208 e. The number of aromatic nitrogens is 1. The summed E-state index contributed by atoms with van der Waals surface area (Å²) in [7, 11) is 0. The Bertz CT molecular complexity index is 359. The Hall–Kier alpha value is -0.830. The normalized spacial score (nSPS) is 20.2. The lowest BCUT2D eigenvalue weighted by atomic mass is 9.98. The number of hydrogen-bond acceptors (Lipinski definition) is 3. The molecule has 0 atom stereocenters. The fraction of sp³-hybridized carbons (Fsp3) is 0.786. The molecule has 1 heterocycles. The summed E-state index contributed by atoms with van der Waals surface area (Å²) in [6.45, 7) is 5.91. The van der Waals surface area contributed by atoms with E-state index in [0.717, 1.165) is 48.2 Å². The van der Waals surface area contributed by atoms with E-state index >= 15 is 0 Å². The fourth-order valence-electron chi connectivity index (χ4n) is 2.73. The second kappa shape index (κ2) is 4.45. The molecule has 1 N–H and O–H groups in total. The molecule has 2 aliphatic rings. The first kappa shape index (κ1) is 11.3. The van der Waals surface area contributed by atoms with Crippen molar-refractivity contribution in [3.8, 4) is 0 Å². The molecule has 0 bridgehead atoms. The quantitative estimate of drug-likeness (QED) is 0.822. The molecule has 0 unspecified atom stereocenters. The first-order valence-electron chi connectivity index (χ1n) is 6.87. The molecular weight excluding hydrogens is 212 g/mol. The summed E-state index contributed by atoms with van der Waals surface area (Å²) in [6, 6.07) is 0. The molecule has 2 saturated carbocycles. The van der Waals surface area contributed by atoms with Crippen LogP contribution in [0.1, 0.15) is 43.0 Å². The predicted molar refractivity (Wildman–Crippen MR) is 66.6 cm³/mol. The van der Waals surface area contributed by atoms with Crippen molar-refractivity contribution >= 4 is 0 Å². The third-order valence-corrected chi connectivity index (χ3v) is 4.18. The highest BCUT2D eigenvalue weighted by Crippen LogP contribution is 2.48. The zero-order valence-electron chi connectivity index (χ0n) is 10.8. The van der Waals surface area contributed by atoms with Crippen molar-refractivity contribution in [3.63, 3.8) is 0 Å². The number of oxazole rings is 1. The molecule has 3 nitrogen and oxygen atoms in total. The van der Waals surface area contributed by atoms with Gasteiger partial charge >= 0.3 is 0 Å². The number of aryl methyl sites for hydroxylation is 2. The van der Waals surface area contributed by atoms with E-state index < -0.39 is 0 Å². The maximum atomic E-state index is 5.57. The van der Waals surface area contributed by atoms with Gasteiger partial charge in [0.05, 0.1) is 12.2 Å². The third kappa shape index (κ3) is 2.71. The van der Waals surface area contributed by atoms with Gasteiger partial charge in [-0.1, -0.05) is 0 Å². The summed E-state index contributed by atoms with van der Waals surface area (Å²) in [5.74, 6) is 4.74. The van der Waals surface area contributed by atoms with Crippen molar-refractivity contribution in [1.82, 2.24) is 10.3 Å². The Balaban J connectivity index is 1.47. The summed E-state index contributed by atoms with van der Waals surface area (Å²) in [5.41, 5.74) is 1.02. The van der Waals surface area contributed by atoms with Crippen LogP contribution in [0.25, 0.3) is 0 Å². The molecule has 2 fully saturated rings. The molecule has 17 heavy (non-hydrogen) atoms. The van der Waals surface area contributed by atoms with E-state index in [1.165, 1.54) is 25.7 Å². The van der Waals surface area contributed by atoms with Gasteiger partial charge in [0.2, 0.25) is 5.89 Å². The lowest BCUT2D eigenvalue weighted by Crippen LogP contribution is -2.25. The van der Waals surface area contributed by atoms with Crippen LogP contribution in [-0.2, 0) is 6.54 Å². The van der Waals surface area contributed by atoms with Crippen molar-refractivity contribution in [3.05, 3.63) is 17.3 Å². The van der Waals surface area contributed by atoms with Crippen LogP contribution in [0.4, 0.5) is 0 Å². The Kier molecular flexibility index (Phi) is 2.95. The lowest BCUT2D eigenvalue weighted by molar-refractivity contribution is 0.363. The number of hydrogen-bond donors (Lipinski definition) is 1. The van der Waals surface area contributed by atoms with Gasteiger partial charge in [-0.3, -0.25) is 0 Å². The van der Waals surface area contributed by atoms with Crippen LogP contribution in [0.2, 0.25) is 0 Å². The van der Waals surface area contributed by atoms with Crippen LogP contribution < -0.4 is 5.32 Å². The number of nitrogens with one attached hydrogen (secondary N) is 1. The molecule has 0 radical (unpaired) electrons. The summed E-state index contributed by atoms with van der Waals surface area (Å²) in [4.78, 5) is 4.40. The van der Waals surface area contributed by atoms with E-state index in [2.05, 4.69) is 10.3 Å². The van der Waals surface area contributed by atoms with E-state index in [-0.39, 0.29) is 0 Å². The molecule has 1 aromatic heterocycles. The molecule has 0 aromatic carbocycles. The monoisotopic (exact) mass is 234 g/mol. The van der Waals surface area contributed by atoms with Gasteiger partial charge in [0, 0.05) is 0 Å². The van der Waals surface area contributed by atoms with Crippen molar-refractivity contribution in [1.29, 1.82) is 0 Å². The Morgan fingerprint density at radius 3 is 2.35 bits per heavy atom. The molecule has 3 rings (SSSR count). The van der Waals surface area contributed by atoms with Crippen LogP contribution >= 0.6 is 0 Å². The first-order chi connectivity index (χ1) is 8.24. The summed E-state index contributed by atoms with van der Waals surface area (Å²) < 4.78 is 5.57. The van der Waals surface area contributed by atoms with Crippen LogP contribution in [0.5, 0.6) is 0 Å².